The molecule has 1 aromatic heterocycles. The van der Waals surface area contributed by atoms with E-state index in [1.54, 1.807) is 0 Å². The monoisotopic (exact) mass is 244 g/mol. The summed E-state index contributed by atoms with van der Waals surface area (Å²) in [6.45, 7) is 0. The second kappa shape index (κ2) is 2.52. The highest BCUT2D eigenvalue weighted by molar-refractivity contribution is 9.10. The van der Waals surface area contributed by atoms with E-state index in [0.717, 1.165) is 0 Å². The third-order valence-corrected chi connectivity index (χ3v) is 2.36. The molecule has 0 aliphatic carbocycles. The molecule has 0 saturated carbocycles. The van der Waals surface area contributed by atoms with Crippen LogP contribution in [-0.2, 0) is 9.05 Å². The minimum Gasteiger partial charge on any atom is -0.338 e. The highest BCUT2D eigenvalue weighted by Gasteiger charge is 2.12. The predicted molar refractivity (Wildman–Crippen MR) is 39.3 cm³/mol. The number of nitrogens with zero attached hydrogens (tertiary/aromatic N) is 1. The number of rotatable bonds is 1. The molecule has 1 rings (SSSR count). The van der Waals surface area contributed by atoms with Gasteiger partial charge in [-0.15, -0.1) is 0 Å². The summed E-state index contributed by atoms with van der Waals surface area (Å²) in [6, 6.07) is 0. The molecule has 0 saturated heterocycles. The van der Waals surface area contributed by atoms with Crippen LogP contribution < -0.4 is 0 Å². The molecule has 0 aliphatic heterocycles. The van der Waals surface area contributed by atoms with Gasteiger partial charge in [0.05, 0.1) is 0 Å². The van der Waals surface area contributed by atoms with Crippen molar-refractivity contribution in [2.75, 3.05) is 0 Å². The van der Waals surface area contributed by atoms with Crippen LogP contribution in [-0.4, -0.2) is 18.4 Å². The van der Waals surface area contributed by atoms with Crippen LogP contribution >= 0.6 is 26.6 Å². The zero-order chi connectivity index (χ0) is 7.78. The Morgan fingerprint density at radius 3 is 2.50 bits per heavy atom. The predicted octanol–water partition coefficient (Wildman–Crippen LogP) is 1.10. The Labute approximate surface area is 70.2 Å². The number of imidazole rings is 1. The second-order valence-corrected chi connectivity index (χ2v) is 4.73. The van der Waals surface area contributed by atoms with Crippen molar-refractivity contribution in [2.45, 2.75) is 5.03 Å². The van der Waals surface area contributed by atoms with E-state index in [4.69, 9.17) is 10.7 Å². The first-order valence-electron chi connectivity index (χ1n) is 2.16. The summed E-state index contributed by atoms with van der Waals surface area (Å²) in [6.07, 6.45) is 1.20. The minimum atomic E-state index is -3.68. The second-order valence-electron chi connectivity index (χ2n) is 1.47. The van der Waals surface area contributed by atoms with Crippen molar-refractivity contribution in [3.05, 3.63) is 10.9 Å². The maximum atomic E-state index is 10.5. The topological polar surface area (TPSA) is 62.8 Å². The smallest absolute Gasteiger partial charge is 0.280 e. The lowest BCUT2D eigenvalue weighted by Crippen LogP contribution is -1.88. The van der Waals surface area contributed by atoms with Crippen molar-refractivity contribution in [3.8, 4) is 0 Å². The van der Waals surface area contributed by atoms with Crippen LogP contribution in [0.2, 0.25) is 0 Å². The quantitative estimate of drug-likeness (QED) is 0.754. The molecule has 0 atom stereocenters. The average molecular weight is 245 g/mol. The Morgan fingerprint density at radius 2 is 2.30 bits per heavy atom. The Hall–Kier alpha value is -0.0700. The van der Waals surface area contributed by atoms with E-state index in [1.165, 1.54) is 6.20 Å². The summed E-state index contributed by atoms with van der Waals surface area (Å²) in [5, 5.41) is -0.180. The van der Waals surface area contributed by atoms with Gasteiger partial charge in [0.25, 0.3) is 9.05 Å². The lowest BCUT2D eigenvalue weighted by Gasteiger charge is -1.82. The van der Waals surface area contributed by atoms with Gasteiger partial charge >= 0.3 is 0 Å². The summed E-state index contributed by atoms with van der Waals surface area (Å²) in [4.78, 5) is 6.04. The lowest BCUT2D eigenvalue weighted by molar-refractivity contribution is 0.606. The molecule has 0 aliphatic rings. The maximum absolute atomic E-state index is 10.5. The number of nitrogens with one attached hydrogen (secondary N) is 1. The third kappa shape index (κ3) is 1.71. The Kier molecular flexibility index (Phi) is 2.02. The molecule has 0 bridgehead atoms. The van der Waals surface area contributed by atoms with Gasteiger partial charge < -0.3 is 4.98 Å². The fourth-order valence-electron chi connectivity index (χ4n) is 0.407. The summed E-state index contributed by atoms with van der Waals surface area (Å²) in [5.74, 6) is 0. The number of aromatic nitrogens is 2. The van der Waals surface area contributed by atoms with E-state index in [1.807, 2.05) is 0 Å². The van der Waals surface area contributed by atoms with Crippen LogP contribution in [0.25, 0.3) is 0 Å². The van der Waals surface area contributed by atoms with Crippen molar-refractivity contribution in [2.24, 2.45) is 0 Å². The molecular formula is C3H2BrClN2O2S. The highest BCUT2D eigenvalue weighted by atomic mass is 79.9. The molecule has 1 N–H and O–H groups in total. The number of H-pyrrole nitrogens is 1. The molecule has 0 radical (unpaired) electrons. The number of hydrogen-bond donors (Lipinski definition) is 1. The first-order chi connectivity index (χ1) is 4.50. The van der Waals surface area contributed by atoms with E-state index in [-0.39, 0.29) is 5.03 Å². The van der Waals surface area contributed by atoms with Crippen molar-refractivity contribution in [1.82, 2.24) is 9.97 Å². The van der Waals surface area contributed by atoms with Crippen LogP contribution in [0, 0.1) is 0 Å². The fourth-order valence-corrected chi connectivity index (χ4v) is 1.47. The molecule has 0 amide bonds. The number of aromatic amines is 1. The molecule has 56 valence electrons. The van der Waals surface area contributed by atoms with Crippen LogP contribution in [0.4, 0.5) is 0 Å². The van der Waals surface area contributed by atoms with E-state index in [2.05, 4.69) is 25.9 Å². The molecular weight excluding hydrogens is 243 g/mol. The molecule has 1 heterocycles. The molecule has 7 heteroatoms. The summed E-state index contributed by atoms with van der Waals surface area (Å²) < 4.78 is 21.4. The van der Waals surface area contributed by atoms with E-state index in [9.17, 15) is 8.42 Å². The lowest BCUT2D eigenvalue weighted by atomic mass is 11.0. The SMILES string of the molecule is O=S(=O)(Cl)c1c[nH]c(Br)n1. The van der Waals surface area contributed by atoms with Gasteiger partial charge in [0, 0.05) is 16.9 Å². The highest BCUT2D eigenvalue weighted by Crippen LogP contribution is 2.13. The first kappa shape index (κ1) is 8.03. The van der Waals surface area contributed by atoms with Gasteiger partial charge in [-0.1, -0.05) is 0 Å². The normalized spacial score (nSPS) is 11.8. The van der Waals surface area contributed by atoms with E-state index in [0.29, 0.717) is 4.73 Å². The average Bonchev–Trinajstić information content (AvgIpc) is 2.11. The number of halogens is 2. The Bertz CT molecular complexity index is 332. The number of hydrogen-bond acceptors (Lipinski definition) is 3. The van der Waals surface area contributed by atoms with Crippen LogP contribution in [0.15, 0.2) is 16.0 Å². The largest absolute Gasteiger partial charge is 0.338 e. The Morgan fingerprint density at radius 1 is 1.70 bits per heavy atom. The summed E-state index contributed by atoms with van der Waals surface area (Å²) >= 11 is 2.93. The van der Waals surface area contributed by atoms with Gasteiger partial charge in [0.2, 0.25) is 0 Å². The van der Waals surface area contributed by atoms with Crippen LogP contribution in [0.5, 0.6) is 0 Å². The van der Waals surface area contributed by atoms with Gasteiger partial charge in [-0.05, 0) is 15.9 Å². The molecule has 0 unspecified atom stereocenters. The third-order valence-electron chi connectivity index (χ3n) is 0.773. The van der Waals surface area contributed by atoms with Crippen LogP contribution in [0.1, 0.15) is 0 Å². The van der Waals surface area contributed by atoms with E-state index < -0.39 is 9.05 Å². The van der Waals surface area contributed by atoms with Gasteiger partial charge in [-0.3, -0.25) is 0 Å². The first-order valence-corrected chi connectivity index (χ1v) is 5.26. The van der Waals surface area contributed by atoms with E-state index >= 15 is 0 Å². The fraction of sp³-hybridized carbons (Fsp3) is 0. The molecule has 0 fully saturated rings. The minimum absolute atomic E-state index is 0.180. The van der Waals surface area contributed by atoms with Gasteiger partial charge in [-0.2, -0.15) is 0 Å². The van der Waals surface area contributed by atoms with Crippen molar-refractivity contribution >= 4 is 35.7 Å². The molecule has 0 spiro atoms. The van der Waals surface area contributed by atoms with Gasteiger partial charge in [-0.25, -0.2) is 13.4 Å². The molecule has 0 aromatic carbocycles. The van der Waals surface area contributed by atoms with Gasteiger partial charge in [0.15, 0.2) is 9.76 Å². The van der Waals surface area contributed by atoms with Crippen molar-refractivity contribution in [1.29, 1.82) is 0 Å². The van der Waals surface area contributed by atoms with Crippen molar-refractivity contribution in [3.63, 3.8) is 0 Å². The van der Waals surface area contributed by atoms with Crippen LogP contribution in [0.3, 0.4) is 0 Å². The van der Waals surface area contributed by atoms with Gasteiger partial charge in [0.1, 0.15) is 0 Å². The molecule has 10 heavy (non-hydrogen) atoms. The molecule has 1 aromatic rings. The maximum Gasteiger partial charge on any atom is 0.280 e. The Balaban J connectivity index is 3.21. The summed E-state index contributed by atoms with van der Waals surface area (Å²) in [7, 11) is 1.26. The standard InChI is InChI=1S/C3H2BrClN2O2S/c4-3-6-1-2(7-3)10(5,8)9/h1H,(H,6,7). The van der Waals surface area contributed by atoms with Crippen molar-refractivity contribution < 1.29 is 8.42 Å². The summed E-state index contributed by atoms with van der Waals surface area (Å²) in [5.41, 5.74) is 0. The zero-order valence-electron chi connectivity index (χ0n) is 4.51. The zero-order valence-corrected chi connectivity index (χ0v) is 7.66. The molecule has 4 nitrogen and oxygen atoms in total.